The molecular formula is C13H15ClN2OS. The van der Waals surface area contributed by atoms with E-state index in [0.29, 0.717) is 13.2 Å². The second-order valence-electron chi connectivity index (χ2n) is 3.77. The summed E-state index contributed by atoms with van der Waals surface area (Å²) in [5.74, 6) is 0.816. The molecule has 96 valence electrons. The van der Waals surface area contributed by atoms with Gasteiger partial charge in [0, 0.05) is 22.5 Å². The van der Waals surface area contributed by atoms with E-state index in [1.165, 1.54) is 0 Å². The summed E-state index contributed by atoms with van der Waals surface area (Å²) >= 11 is 7.76. The molecule has 0 radical (unpaired) electrons. The van der Waals surface area contributed by atoms with E-state index in [1.54, 1.807) is 16.8 Å². The molecule has 0 aliphatic heterocycles. The van der Waals surface area contributed by atoms with Gasteiger partial charge in [-0.1, -0.05) is 24.6 Å². The molecule has 1 aromatic heterocycles. The van der Waals surface area contributed by atoms with Crippen molar-refractivity contribution in [2.75, 3.05) is 6.54 Å². The molecule has 2 rings (SSSR count). The molecule has 2 aromatic rings. The van der Waals surface area contributed by atoms with Gasteiger partial charge < -0.3 is 10.1 Å². The van der Waals surface area contributed by atoms with Crippen LogP contribution in [0, 0.1) is 0 Å². The molecule has 0 amide bonds. The van der Waals surface area contributed by atoms with Crippen molar-refractivity contribution in [3.05, 3.63) is 45.4 Å². The maximum absolute atomic E-state index is 6.19. The summed E-state index contributed by atoms with van der Waals surface area (Å²) in [5.41, 5.74) is 3.74. The third-order valence-corrected chi connectivity index (χ3v) is 3.48. The zero-order valence-electron chi connectivity index (χ0n) is 10.1. The van der Waals surface area contributed by atoms with Gasteiger partial charge in [0.2, 0.25) is 0 Å². The van der Waals surface area contributed by atoms with E-state index in [9.17, 15) is 0 Å². The standard InChI is InChI=1S/C13H15ClN2OS/c1-2-15-6-11-12(14)4-3-5-13(11)17-7-10-8-18-9-16-10/h3-5,8-9,15H,2,6-7H2,1H3. The molecule has 0 saturated carbocycles. The largest absolute Gasteiger partial charge is 0.487 e. The molecule has 1 aromatic carbocycles. The lowest BCUT2D eigenvalue weighted by Crippen LogP contribution is -2.13. The fourth-order valence-electron chi connectivity index (χ4n) is 1.56. The maximum atomic E-state index is 6.19. The number of halogens is 1. The Morgan fingerprint density at radius 2 is 2.33 bits per heavy atom. The van der Waals surface area contributed by atoms with E-state index in [4.69, 9.17) is 16.3 Å². The number of thiazole rings is 1. The molecule has 1 N–H and O–H groups in total. The molecular weight excluding hydrogens is 268 g/mol. The molecule has 0 atom stereocenters. The van der Waals surface area contributed by atoms with E-state index in [-0.39, 0.29) is 0 Å². The van der Waals surface area contributed by atoms with Gasteiger partial charge in [-0.3, -0.25) is 0 Å². The Balaban J connectivity index is 2.08. The molecule has 0 bridgehead atoms. The van der Waals surface area contributed by atoms with Gasteiger partial charge in [0.1, 0.15) is 12.4 Å². The minimum absolute atomic E-state index is 0.475. The summed E-state index contributed by atoms with van der Waals surface area (Å²) in [7, 11) is 0. The van der Waals surface area contributed by atoms with E-state index in [2.05, 4.69) is 17.2 Å². The molecule has 3 nitrogen and oxygen atoms in total. The fraction of sp³-hybridized carbons (Fsp3) is 0.308. The Morgan fingerprint density at radius 3 is 3.06 bits per heavy atom. The Labute approximate surface area is 116 Å². The van der Waals surface area contributed by atoms with Crippen molar-refractivity contribution in [2.45, 2.75) is 20.1 Å². The van der Waals surface area contributed by atoms with Crippen molar-refractivity contribution in [1.82, 2.24) is 10.3 Å². The summed E-state index contributed by atoms with van der Waals surface area (Å²) in [6.45, 7) is 4.15. The number of hydrogen-bond acceptors (Lipinski definition) is 4. The highest BCUT2D eigenvalue weighted by atomic mass is 35.5. The van der Waals surface area contributed by atoms with Crippen LogP contribution in [0.2, 0.25) is 5.02 Å². The van der Waals surface area contributed by atoms with E-state index >= 15 is 0 Å². The van der Waals surface area contributed by atoms with Crippen LogP contribution in [0.25, 0.3) is 0 Å². The number of nitrogens with zero attached hydrogens (tertiary/aromatic N) is 1. The van der Waals surface area contributed by atoms with Gasteiger partial charge in [0.15, 0.2) is 0 Å². The van der Waals surface area contributed by atoms with E-state index < -0.39 is 0 Å². The van der Waals surface area contributed by atoms with Gasteiger partial charge in [-0.2, -0.15) is 0 Å². The van der Waals surface area contributed by atoms with Crippen LogP contribution in [-0.4, -0.2) is 11.5 Å². The van der Waals surface area contributed by atoms with Gasteiger partial charge in [0.05, 0.1) is 11.2 Å². The average Bonchev–Trinajstić information content (AvgIpc) is 2.88. The minimum Gasteiger partial charge on any atom is -0.487 e. The highest BCUT2D eigenvalue weighted by molar-refractivity contribution is 7.07. The zero-order chi connectivity index (χ0) is 12.8. The first-order valence-electron chi connectivity index (χ1n) is 5.79. The highest BCUT2D eigenvalue weighted by Gasteiger charge is 2.08. The zero-order valence-corrected chi connectivity index (χ0v) is 11.7. The fourth-order valence-corrected chi connectivity index (χ4v) is 2.33. The molecule has 0 spiro atoms. The number of hydrogen-bond donors (Lipinski definition) is 1. The molecule has 0 unspecified atom stereocenters. The van der Waals surface area contributed by atoms with Crippen molar-refractivity contribution in [3.63, 3.8) is 0 Å². The summed E-state index contributed by atoms with van der Waals surface area (Å²) < 4.78 is 5.78. The molecule has 0 aliphatic rings. The lowest BCUT2D eigenvalue weighted by Gasteiger charge is -2.12. The summed E-state index contributed by atoms with van der Waals surface area (Å²) in [6, 6.07) is 5.71. The maximum Gasteiger partial charge on any atom is 0.131 e. The Bertz CT molecular complexity index is 488. The first-order valence-corrected chi connectivity index (χ1v) is 7.11. The Hall–Kier alpha value is -1.10. The lowest BCUT2D eigenvalue weighted by atomic mass is 10.2. The average molecular weight is 283 g/mol. The summed E-state index contributed by atoms with van der Waals surface area (Å²) in [4.78, 5) is 4.19. The third-order valence-electron chi connectivity index (χ3n) is 2.49. The van der Waals surface area contributed by atoms with Crippen LogP contribution in [0.1, 0.15) is 18.2 Å². The molecule has 0 fully saturated rings. The number of ether oxygens (including phenoxy) is 1. The van der Waals surface area contributed by atoms with Gasteiger partial charge in [0.25, 0.3) is 0 Å². The molecule has 0 aliphatic carbocycles. The van der Waals surface area contributed by atoms with Gasteiger partial charge in [-0.05, 0) is 18.7 Å². The highest BCUT2D eigenvalue weighted by Crippen LogP contribution is 2.27. The third kappa shape index (κ3) is 3.45. The van der Waals surface area contributed by atoms with Crippen LogP contribution in [0.4, 0.5) is 0 Å². The molecule has 0 saturated heterocycles. The minimum atomic E-state index is 0.475. The first kappa shape index (κ1) is 13.3. The van der Waals surface area contributed by atoms with Crippen LogP contribution in [-0.2, 0) is 13.2 Å². The number of nitrogens with one attached hydrogen (secondary N) is 1. The number of rotatable bonds is 6. The predicted octanol–water partition coefficient (Wildman–Crippen LogP) is 3.49. The molecule has 1 heterocycles. The predicted molar refractivity (Wildman–Crippen MR) is 75.3 cm³/mol. The smallest absolute Gasteiger partial charge is 0.131 e. The van der Waals surface area contributed by atoms with Crippen LogP contribution >= 0.6 is 22.9 Å². The first-order chi connectivity index (χ1) is 8.81. The van der Waals surface area contributed by atoms with Crippen molar-refractivity contribution in [2.24, 2.45) is 0 Å². The van der Waals surface area contributed by atoms with Crippen LogP contribution in [0.15, 0.2) is 29.1 Å². The quantitative estimate of drug-likeness (QED) is 0.881. The van der Waals surface area contributed by atoms with Gasteiger partial charge >= 0.3 is 0 Å². The monoisotopic (exact) mass is 282 g/mol. The second-order valence-corrected chi connectivity index (χ2v) is 4.89. The number of benzene rings is 1. The molecule has 18 heavy (non-hydrogen) atoms. The topological polar surface area (TPSA) is 34.1 Å². The SMILES string of the molecule is CCNCc1c(Cl)cccc1OCc1cscn1. The Kier molecular flexibility index (Phi) is 4.99. The normalized spacial score (nSPS) is 10.6. The van der Waals surface area contributed by atoms with Crippen molar-refractivity contribution >= 4 is 22.9 Å². The van der Waals surface area contributed by atoms with Crippen LogP contribution in [0.3, 0.4) is 0 Å². The lowest BCUT2D eigenvalue weighted by molar-refractivity contribution is 0.298. The van der Waals surface area contributed by atoms with Gasteiger partial charge in [-0.25, -0.2) is 4.98 Å². The van der Waals surface area contributed by atoms with E-state index in [1.807, 2.05) is 23.6 Å². The van der Waals surface area contributed by atoms with Crippen molar-refractivity contribution < 1.29 is 4.74 Å². The summed E-state index contributed by atoms with van der Waals surface area (Å²) in [6.07, 6.45) is 0. The second kappa shape index (κ2) is 6.73. The Morgan fingerprint density at radius 1 is 1.44 bits per heavy atom. The van der Waals surface area contributed by atoms with Gasteiger partial charge in [-0.15, -0.1) is 11.3 Å². The summed E-state index contributed by atoms with van der Waals surface area (Å²) in [5, 5.41) is 5.97. The van der Waals surface area contributed by atoms with Crippen molar-refractivity contribution in [1.29, 1.82) is 0 Å². The van der Waals surface area contributed by atoms with Crippen molar-refractivity contribution in [3.8, 4) is 5.75 Å². The number of aromatic nitrogens is 1. The van der Waals surface area contributed by atoms with Crippen LogP contribution < -0.4 is 10.1 Å². The van der Waals surface area contributed by atoms with Crippen LogP contribution in [0.5, 0.6) is 5.75 Å². The van der Waals surface area contributed by atoms with E-state index in [0.717, 1.165) is 28.6 Å². The molecule has 5 heteroatoms.